The molecule has 110 valence electrons. The third kappa shape index (κ3) is 3.31. The molecule has 0 bridgehead atoms. The number of halogens is 3. The molecule has 1 aromatic heterocycles. The normalized spacial score (nSPS) is 18.6. The first kappa shape index (κ1) is 14.4. The molecular weight excluding hydrogens is 271 g/mol. The van der Waals surface area contributed by atoms with Gasteiger partial charge in [-0.3, -0.25) is 0 Å². The van der Waals surface area contributed by atoms with Crippen LogP contribution in [0.5, 0.6) is 0 Å². The summed E-state index contributed by atoms with van der Waals surface area (Å²) in [4.78, 5) is 8.63. The SMILES string of the molecule is CCN(C[C@H]1C=C(N)NC1)c1ccnc(C(F)(F)F)n1. The monoisotopic (exact) mass is 287 g/mol. The van der Waals surface area contributed by atoms with Gasteiger partial charge >= 0.3 is 6.18 Å². The lowest BCUT2D eigenvalue weighted by molar-refractivity contribution is -0.144. The first-order chi connectivity index (χ1) is 9.40. The van der Waals surface area contributed by atoms with Crippen LogP contribution < -0.4 is 16.0 Å². The summed E-state index contributed by atoms with van der Waals surface area (Å²) in [6.07, 6.45) is -1.53. The molecule has 20 heavy (non-hydrogen) atoms. The van der Waals surface area contributed by atoms with Crippen LogP contribution in [0.25, 0.3) is 0 Å². The Labute approximate surface area is 114 Å². The topological polar surface area (TPSA) is 67.1 Å². The highest BCUT2D eigenvalue weighted by molar-refractivity contribution is 5.38. The Morgan fingerprint density at radius 1 is 1.50 bits per heavy atom. The van der Waals surface area contributed by atoms with Crippen molar-refractivity contribution in [1.29, 1.82) is 0 Å². The van der Waals surface area contributed by atoms with E-state index in [1.807, 2.05) is 13.0 Å². The van der Waals surface area contributed by atoms with Crippen LogP contribution in [0, 0.1) is 5.92 Å². The van der Waals surface area contributed by atoms with Crippen molar-refractivity contribution in [2.75, 3.05) is 24.5 Å². The lowest BCUT2D eigenvalue weighted by Gasteiger charge is -2.24. The number of alkyl halides is 3. The summed E-state index contributed by atoms with van der Waals surface area (Å²) in [5, 5.41) is 2.99. The Hall–Kier alpha value is -1.99. The van der Waals surface area contributed by atoms with Crippen LogP contribution in [-0.4, -0.2) is 29.6 Å². The number of aromatic nitrogens is 2. The van der Waals surface area contributed by atoms with E-state index in [2.05, 4.69) is 15.3 Å². The van der Waals surface area contributed by atoms with Crippen molar-refractivity contribution >= 4 is 5.82 Å². The number of anilines is 1. The highest BCUT2D eigenvalue weighted by Gasteiger charge is 2.35. The molecule has 0 fully saturated rings. The standard InChI is InChI=1S/C12H16F3N5/c1-2-20(7-8-5-9(16)18-6-8)10-3-4-17-11(19-10)12(13,14)15/h3-5,8,18H,2,6-7,16H2,1H3/t8-/m0/s1. The van der Waals surface area contributed by atoms with Gasteiger partial charge in [-0.15, -0.1) is 0 Å². The second kappa shape index (κ2) is 5.56. The third-order valence-electron chi connectivity index (χ3n) is 3.04. The predicted octanol–water partition coefficient (Wildman–Crippen LogP) is 1.34. The second-order valence-electron chi connectivity index (χ2n) is 4.54. The molecule has 0 saturated carbocycles. The van der Waals surface area contributed by atoms with Gasteiger partial charge in [-0.1, -0.05) is 0 Å². The minimum absolute atomic E-state index is 0.152. The maximum absolute atomic E-state index is 12.6. The first-order valence-corrected chi connectivity index (χ1v) is 6.26. The first-order valence-electron chi connectivity index (χ1n) is 6.26. The van der Waals surface area contributed by atoms with Crippen LogP contribution in [0.3, 0.4) is 0 Å². The molecule has 1 aliphatic heterocycles. The van der Waals surface area contributed by atoms with Gasteiger partial charge in [-0.05, 0) is 19.1 Å². The highest BCUT2D eigenvalue weighted by Crippen LogP contribution is 2.27. The summed E-state index contributed by atoms with van der Waals surface area (Å²) in [5.74, 6) is -0.0919. The van der Waals surface area contributed by atoms with Gasteiger partial charge in [0.2, 0.25) is 5.82 Å². The second-order valence-corrected chi connectivity index (χ2v) is 4.54. The van der Waals surface area contributed by atoms with E-state index in [0.717, 1.165) is 6.20 Å². The molecule has 0 unspecified atom stereocenters. The van der Waals surface area contributed by atoms with Gasteiger partial charge < -0.3 is 16.0 Å². The van der Waals surface area contributed by atoms with Gasteiger partial charge in [0.05, 0.1) is 5.82 Å². The van der Waals surface area contributed by atoms with E-state index in [0.29, 0.717) is 25.5 Å². The quantitative estimate of drug-likeness (QED) is 0.875. The summed E-state index contributed by atoms with van der Waals surface area (Å²) in [6, 6.07) is 1.48. The number of rotatable bonds is 4. The lowest BCUT2D eigenvalue weighted by atomic mass is 10.1. The zero-order chi connectivity index (χ0) is 14.8. The fourth-order valence-corrected chi connectivity index (χ4v) is 2.07. The average molecular weight is 287 g/mol. The molecule has 3 N–H and O–H groups in total. The van der Waals surface area contributed by atoms with Crippen molar-refractivity contribution < 1.29 is 13.2 Å². The summed E-state index contributed by atoms with van der Waals surface area (Å²) in [7, 11) is 0. The average Bonchev–Trinajstić information content (AvgIpc) is 2.81. The Morgan fingerprint density at radius 2 is 2.25 bits per heavy atom. The van der Waals surface area contributed by atoms with E-state index in [1.165, 1.54) is 6.07 Å². The smallest absolute Gasteiger partial charge is 0.386 e. The van der Waals surface area contributed by atoms with Gasteiger partial charge in [0.25, 0.3) is 0 Å². The molecule has 8 heteroatoms. The number of hydrogen-bond acceptors (Lipinski definition) is 5. The fraction of sp³-hybridized carbons (Fsp3) is 0.500. The molecule has 0 aromatic carbocycles. The van der Waals surface area contributed by atoms with Gasteiger partial charge in [0, 0.05) is 31.7 Å². The Morgan fingerprint density at radius 3 is 2.80 bits per heavy atom. The van der Waals surface area contributed by atoms with E-state index < -0.39 is 12.0 Å². The van der Waals surface area contributed by atoms with Gasteiger partial charge in [0.15, 0.2) is 0 Å². The molecule has 2 heterocycles. The molecule has 0 spiro atoms. The van der Waals surface area contributed by atoms with Crippen LogP contribution >= 0.6 is 0 Å². The van der Waals surface area contributed by atoms with Crippen molar-refractivity contribution in [1.82, 2.24) is 15.3 Å². The summed E-state index contributed by atoms with van der Waals surface area (Å²) < 4.78 is 37.8. The van der Waals surface area contributed by atoms with E-state index in [9.17, 15) is 13.2 Å². The van der Waals surface area contributed by atoms with Crippen LogP contribution in [0.15, 0.2) is 24.2 Å². The van der Waals surface area contributed by atoms with E-state index in [-0.39, 0.29) is 11.7 Å². The Kier molecular flexibility index (Phi) is 4.01. The maximum atomic E-state index is 12.6. The highest BCUT2D eigenvalue weighted by atomic mass is 19.4. The van der Waals surface area contributed by atoms with E-state index in [4.69, 9.17) is 5.73 Å². The summed E-state index contributed by atoms with van der Waals surface area (Å²) in [6.45, 7) is 3.65. The number of nitrogens with zero attached hydrogens (tertiary/aromatic N) is 3. The summed E-state index contributed by atoms with van der Waals surface area (Å²) in [5.41, 5.74) is 5.62. The molecule has 1 aliphatic rings. The third-order valence-corrected chi connectivity index (χ3v) is 3.04. The predicted molar refractivity (Wildman–Crippen MR) is 68.7 cm³/mol. The molecular formula is C12H16F3N5. The molecule has 5 nitrogen and oxygen atoms in total. The molecule has 0 saturated heterocycles. The molecule has 1 aromatic rings. The minimum atomic E-state index is -4.53. The zero-order valence-electron chi connectivity index (χ0n) is 11.0. The Balaban J connectivity index is 2.15. The van der Waals surface area contributed by atoms with E-state index >= 15 is 0 Å². The molecule has 2 rings (SSSR count). The van der Waals surface area contributed by atoms with Crippen LogP contribution in [0.2, 0.25) is 0 Å². The molecule has 1 atom stereocenters. The molecule has 0 aliphatic carbocycles. The van der Waals surface area contributed by atoms with Gasteiger partial charge in [-0.2, -0.15) is 13.2 Å². The van der Waals surface area contributed by atoms with Gasteiger partial charge in [-0.25, -0.2) is 9.97 Å². The number of nitrogens with one attached hydrogen (secondary N) is 1. The maximum Gasteiger partial charge on any atom is 0.451 e. The minimum Gasteiger partial charge on any atom is -0.386 e. The number of hydrogen-bond donors (Lipinski definition) is 2. The lowest BCUT2D eigenvalue weighted by Crippen LogP contribution is -2.32. The van der Waals surface area contributed by atoms with Crippen molar-refractivity contribution in [2.45, 2.75) is 13.1 Å². The Bertz CT molecular complexity index is 500. The zero-order valence-corrected chi connectivity index (χ0v) is 11.0. The van der Waals surface area contributed by atoms with Crippen LogP contribution in [-0.2, 0) is 6.18 Å². The van der Waals surface area contributed by atoms with E-state index in [1.54, 1.807) is 4.90 Å². The van der Waals surface area contributed by atoms with Crippen molar-refractivity contribution in [3.05, 3.63) is 30.0 Å². The number of nitrogens with two attached hydrogens (primary N) is 1. The van der Waals surface area contributed by atoms with Crippen LogP contribution in [0.4, 0.5) is 19.0 Å². The largest absolute Gasteiger partial charge is 0.451 e. The fourth-order valence-electron chi connectivity index (χ4n) is 2.07. The van der Waals surface area contributed by atoms with Crippen LogP contribution in [0.1, 0.15) is 12.7 Å². The molecule has 0 radical (unpaired) electrons. The molecule has 0 amide bonds. The van der Waals surface area contributed by atoms with Crippen molar-refractivity contribution in [2.24, 2.45) is 11.7 Å². The summed E-state index contributed by atoms with van der Waals surface area (Å²) >= 11 is 0. The van der Waals surface area contributed by atoms with Crippen molar-refractivity contribution in [3.63, 3.8) is 0 Å². The van der Waals surface area contributed by atoms with Crippen molar-refractivity contribution in [3.8, 4) is 0 Å². The van der Waals surface area contributed by atoms with Gasteiger partial charge in [0.1, 0.15) is 5.82 Å².